The highest BCUT2D eigenvalue weighted by Crippen LogP contribution is 2.33. The Labute approximate surface area is 145 Å². The summed E-state index contributed by atoms with van der Waals surface area (Å²) in [7, 11) is 0. The topological polar surface area (TPSA) is 83.7 Å². The van der Waals surface area contributed by atoms with Gasteiger partial charge in [-0.25, -0.2) is 0 Å². The third-order valence-corrected chi connectivity index (χ3v) is 4.71. The molecule has 2 atom stereocenters. The minimum atomic E-state index is -0.448. The van der Waals surface area contributed by atoms with Gasteiger partial charge < -0.3 is 10.0 Å². The van der Waals surface area contributed by atoms with Crippen LogP contribution in [0, 0.1) is 10.1 Å². The fourth-order valence-corrected chi connectivity index (χ4v) is 3.41. The van der Waals surface area contributed by atoms with Crippen molar-refractivity contribution in [3.05, 3.63) is 75.8 Å². The van der Waals surface area contributed by atoms with Crippen LogP contribution in [-0.2, 0) is 4.79 Å². The number of benzene rings is 2. The first-order valence-electron chi connectivity index (χ1n) is 8.32. The maximum atomic E-state index is 13.0. The minimum Gasteiger partial charge on any atom is -0.394 e. The largest absolute Gasteiger partial charge is 0.394 e. The highest BCUT2D eigenvalue weighted by molar-refractivity contribution is 5.85. The highest BCUT2D eigenvalue weighted by atomic mass is 16.6. The first-order chi connectivity index (χ1) is 12.1. The van der Waals surface area contributed by atoms with E-state index in [4.69, 9.17) is 0 Å². The van der Waals surface area contributed by atoms with Crippen molar-refractivity contribution in [1.29, 1.82) is 0 Å². The molecule has 1 amide bonds. The summed E-state index contributed by atoms with van der Waals surface area (Å²) in [5.41, 5.74) is 1.70. The van der Waals surface area contributed by atoms with E-state index in [0.717, 1.165) is 17.5 Å². The van der Waals surface area contributed by atoms with Crippen molar-refractivity contribution in [3.63, 3.8) is 0 Å². The van der Waals surface area contributed by atoms with Gasteiger partial charge in [-0.2, -0.15) is 0 Å². The van der Waals surface area contributed by atoms with Gasteiger partial charge >= 0.3 is 0 Å². The van der Waals surface area contributed by atoms with E-state index in [9.17, 15) is 20.0 Å². The molecule has 3 rings (SSSR count). The number of amides is 1. The fraction of sp³-hybridized carbons (Fsp3) is 0.316. The molecule has 0 aliphatic carbocycles. The lowest BCUT2D eigenvalue weighted by molar-refractivity contribution is -0.384. The Balaban J connectivity index is 1.84. The first-order valence-corrected chi connectivity index (χ1v) is 8.32. The zero-order valence-corrected chi connectivity index (χ0v) is 13.7. The van der Waals surface area contributed by atoms with E-state index in [1.165, 1.54) is 12.1 Å². The third kappa shape index (κ3) is 3.53. The Bertz CT molecular complexity index is 746. The van der Waals surface area contributed by atoms with E-state index in [0.29, 0.717) is 13.0 Å². The van der Waals surface area contributed by atoms with Gasteiger partial charge in [0.2, 0.25) is 5.91 Å². The number of non-ortho nitro benzene ring substituents is 1. The lowest BCUT2D eigenvalue weighted by Gasteiger charge is -2.37. The van der Waals surface area contributed by atoms with Crippen LogP contribution in [0.15, 0.2) is 54.6 Å². The van der Waals surface area contributed by atoms with Crippen molar-refractivity contribution in [2.24, 2.45) is 0 Å². The summed E-state index contributed by atoms with van der Waals surface area (Å²) in [4.78, 5) is 25.1. The summed E-state index contributed by atoms with van der Waals surface area (Å²) in [6.45, 7) is 0.463. The van der Waals surface area contributed by atoms with Crippen molar-refractivity contribution in [1.82, 2.24) is 4.90 Å². The average molecular weight is 340 g/mol. The lowest BCUT2D eigenvalue weighted by Crippen LogP contribution is -2.43. The highest BCUT2D eigenvalue weighted by Gasteiger charge is 2.34. The number of carbonyl (C=O) groups is 1. The molecule has 1 aliphatic rings. The quantitative estimate of drug-likeness (QED) is 0.670. The number of rotatable bonds is 5. The molecule has 2 aromatic carbocycles. The molecule has 1 unspecified atom stereocenters. The number of hydrogen-bond acceptors (Lipinski definition) is 4. The van der Waals surface area contributed by atoms with Crippen LogP contribution in [0.3, 0.4) is 0 Å². The summed E-state index contributed by atoms with van der Waals surface area (Å²) >= 11 is 0. The van der Waals surface area contributed by atoms with Gasteiger partial charge in [0.15, 0.2) is 0 Å². The second-order valence-electron chi connectivity index (χ2n) is 6.18. The minimum absolute atomic E-state index is 0.0152. The molecule has 130 valence electrons. The van der Waals surface area contributed by atoms with E-state index in [1.807, 2.05) is 30.3 Å². The van der Waals surface area contributed by atoms with Gasteiger partial charge in [0, 0.05) is 18.7 Å². The van der Waals surface area contributed by atoms with E-state index in [2.05, 4.69) is 0 Å². The number of nitro benzene ring substituents is 1. The van der Waals surface area contributed by atoms with Crippen LogP contribution in [0.2, 0.25) is 0 Å². The molecule has 1 saturated heterocycles. The van der Waals surface area contributed by atoms with Gasteiger partial charge in [0.05, 0.1) is 23.5 Å². The summed E-state index contributed by atoms with van der Waals surface area (Å²) in [6, 6.07) is 15.3. The van der Waals surface area contributed by atoms with E-state index in [1.54, 1.807) is 17.0 Å². The first kappa shape index (κ1) is 17.1. The molecule has 25 heavy (non-hydrogen) atoms. The summed E-state index contributed by atoms with van der Waals surface area (Å²) in [6.07, 6.45) is 1.54. The number of nitro groups is 1. The summed E-state index contributed by atoms with van der Waals surface area (Å²) in [5.74, 6) is -0.365. The van der Waals surface area contributed by atoms with Crippen molar-refractivity contribution in [3.8, 4) is 0 Å². The molecule has 0 radical (unpaired) electrons. The Morgan fingerprint density at radius 1 is 1.16 bits per heavy atom. The molecule has 2 aromatic rings. The SMILES string of the molecule is O=C1C(c2ccc([N+](=O)[O-])cc2)CCCN1[C@@H](CO)c1ccccc1. The number of piperidine rings is 1. The van der Waals surface area contributed by atoms with Crippen molar-refractivity contribution in [2.45, 2.75) is 24.8 Å². The summed E-state index contributed by atoms with van der Waals surface area (Å²) in [5, 5.41) is 20.6. The fourth-order valence-electron chi connectivity index (χ4n) is 3.41. The Morgan fingerprint density at radius 3 is 2.44 bits per heavy atom. The molecule has 1 aliphatic heterocycles. The lowest BCUT2D eigenvalue weighted by atomic mass is 9.88. The molecule has 0 aromatic heterocycles. The number of carbonyl (C=O) groups excluding carboxylic acids is 1. The molecular formula is C19H20N2O4. The van der Waals surface area contributed by atoms with Gasteiger partial charge in [0.1, 0.15) is 0 Å². The zero-order valence-electron chi connectivity index (χ0n) is 13.7. The molecular weight excluding hydrogens is 320 g/mol. The van der Waals surface area contributed by atoms with Gasteiger partial charge in [-0.15, -0.1) is 0 Å². The molecule has 6 heteroatoms. The maximum Gasteiger partial charge on any atom is 0.269 e. The third-order valence-electron chi connectivity index (χ3n) is 4.71. The van der Waals surface area contributed by atoms with Crippen LogP contribution in [0.1, 0.15) is 35.9 Å². The van der Waals surface area contributed by atoms with Gasteiger partial charge in [-0.3, -0.25) is 14.9 Å². The molecule has 0 saturated carbocycles. The number of likely N-dealkylation sites (tertiary alicyclic amines) is 1. The Kier molecular flexibility index (Phi) is 5.09. The predicted molar refractivity (Wildman–Crippen MR) is 93.1 cm³/mol. The van der Waals surface area contributed by atoms with Gasteiger partial charge in [-0.05, 0) is 24.0 Å². The van der Waals surface area contributed by atoms with Crippen molar-refractivity contribution < 1.29 is 14.8 Å². The Hall–Kier alpha value is -2.73. The monoisotopic (exact) mass is 340 g/mol. The second-order valence-corrected chi connectivity index (χ2v) is 6.18. The molecule has 1 fully saturated rings. The average Bonchev–Trinajstić information content (AvgIpc) is 2.65. The van der Waals surface area contributed by atoms with E-state index >= 15 is 0 Å². The van der Waals surface area contributed by atoms with Crippen molar-refractivity contribution >= 4 is 11.6 Å². The van der Waals surface area contributed by atoms with Gasteiger partial charge in [-0.1, -0.05) is 42.5 Å². The van der Waals surface area contributed by atoms with E-state index < -0.39 is 4.92 Å². The van der Waals surface area contributed by atoms with Crippen LogP contribution >= 0.6 is 0 Å². The molecule has 1 heterocycles. The number of nitrogens with zero attached hydrogens (tertiary/aromatic N) is 2. The van der Waals surface area contributed by atoms with Crippen LogP contribution in [-0.4, -0.2) is 34.0 Å². The van der Waals surface area contributed by atoms with Crippen LogP contribution < -0.4 is 0 Å². The molecule has 6 nitrogen and oxygen atoms in total. The smallest absolute Gasteiger partial charge is 0.269 e. The zero-order chi connectivity index (χ0) is 17.8. The second kappa shape index (κ2) is 7.44. The van der Waals surface area contributed by atoms with E-state index in [-0.39, 0.29) is 30.2 Å². The number of aliphatic hydroxyl groups excluding tert-OH is 1. The predicted octanol–water partition coefficient (Wildman–Crippen LogP) is 3.03. The molecule has 0 bridgehead atoms. The standard InChI is InChI=1S/C19H20N2O4/c22-13-18(15-5-2-1-3-6-15)20-12-4-7-17(19(20)23)14-8-10-16(11-9-14)21(24)25/h1-3,5-6,8-11,17-18,22H,4,7,12-13H2/t17?,18-/m0/s1. The van der Waals surface area contributed by atoms with Crippen LogP contribution in [0.4, 0.5) is 5.69 Å². The molecule has 1 N–H and O–H groups in total. The molecule has 0 spiro atoms. The van der Waals surface area contributed by atoms with Gasteiger partial charge in [0.25, 0.3) is 5.69 Å². The van der Waals surface area contributed by atoms with Crippen LogP contribution in [0.5, 0.6) is 0 Å². The number of hydrogen-bond donors (Lipinski definition) is 1. The Morgan fingerprint density at radius 2 is 1.84 bits per heavy atom. The summed E-state index contributed by atoms with van der Waals surface area (Å²) < 4.78 is 0. The van der Waals surface area contributed by atoms with Crippen LogP contribution in [0.25, 0.3) is 0 Å². The van der Waals surface area contributed by atoms with Crippen molar-refractivity contribution in [2.75, 3.05) is 13.2 Å². The normalized spacial score (nSPS) is 18.8. The maximum absolute atomic E-state index is 13.0. The number of aliphatic hydroxyl groups is 1.